The second kappa shape index (κ2) is 9.84. The summed E-state index contributed by atoms with van der Waals surface area (Å²) in [6, 6.07) is 3.58. The minimum Gasteiger partial charge on any atom is -0.494 e. The van der Waals surface area contributed by atoms with Gasteiger partial charge in [0.25, 0.3) is 0 Å². The van der Waals surface area contributed by atoms with Gasteiger partial charge in [-0.1, -0.05) is 14.9 Å². The Bertz CT molecular complexity index is 1300. The predicted octanol–water partition coefficient (Wildman–Crippen LogP) is 5.09. The number of ether oxygens (including phenoxy) is 1. The lowest BCUT2D eigenvalue weighted by Gasteiger charge is -2.28. The Morgan fingerprint density at radius 3 is 2.47 bits per heavy atom. The molecule has 0 spiro atoms. The summed E-state index contributed by atoms with van der Waals surface area (Å²) in [5.74, 6) is -1.67. The van der Waals surface area contributed by atoms with Crippen LogP contribution in [0.3, 0.4) is 0 Å². The van der Waals surface area contributed by atoms with Crippen molar-refractivity contribution >= 4 is 30.4 Å². The van der Waals surface area contributed by atoms with E-state index in [2.05, 4.69) is 23.7 Å². The van der Waals surface area contributed by atoms with Crippen LogP contribution in [-0.2, 0) is 6.54 Å². The molecule has 1 aliphatic carbocycles. The molecule has 3 heterocycles. The number of hydrogen-bond donors (Lipinski definition) is 2. The van der Waals surface area contributed by atoms with Crippen LogP contribution < -0.4 is 15.5 Å². The Hall–Kier alpha value is -2.78. The smallest absolute Gasteiger partial charge is 0.341 e. The molecule has 1 aliphatic heterocycles. The van der Waals surface area contributed by atoms with Crippen LogP contribution in [0.5, 0.6) is 5.75 Å². The molecule has 9 heteroatoms. The van der Waals surface area contributed by atoms with Gasteiger partial charge in [0.05, 0.1) is 23.6 Å². The second-order valence-corrected chi connectivity index (χ2v) is 8.57. The van der Waals surface area contributed by atoms with Gasteiger partial charge in [-0.25, -0.2) is 9.18 Å². The monoisotopic (exact) mass is 491 g/mol. The quantitative estimate of drug-likeness (QED) is 0.531. The number of carbonyl (C=O) groups is 1. The lowest BCUT2D eigenvalue weighted by molar-refractivity contribution is 0.0694. The number of rotatable bonds is 4. The SMILES string of the molecule is C.C.COc1c(-c2cc3n(c2)C[C@H](C)N[C@@H]3C)c(F)cc2c(=O)c(C(=O)O)cn(C3CC3)c12.S. The number of aromatic carboxylic acids is 1. The van der Waals surface area contributed by atoms with Crippen molar-refractivity contribution in [2.75, 3.05) is 7.11 Å². The third kappa shape index (κ3) is 4.22. The van der Waals surface area contributed by atoms with E-state index < -0.39 is 17.2 Å². The number of carboxylic acid groups (broad SMARTS) is 1. The van der Waals surface area contributed by atoms with Crippen LogP contribution >= 0.6 is 13.5 Å². The minimum absolute atomic E-state index is 0. The fourth-order valence-electron chi connectivity index (χ4n) is 4.76. The highest BCUT2D eigenvalue weighted by molar-refractivity contribution is 7.59. The Morgan fingerprint density at radius 2 is 1.88 bits per heavy atom. The van der Waals surface area contributed by atoms with Gasteiger partial charge in [-0.05, 0) is 38.8 Å². The number of aromatic nitrogens is 2. The van der Waals surface area contributed by atoms with Crippen LogP contribution in [-0.4, -0.2) is 33.4 Å². The highest BCUT2D eigenvalue weighted by Gasteiger charge is 2.31. The average Bonchev–Trinajstić information content (AvgIpc) is 3.46. The molecule has 0 unspecified atom stereocenters. The fourth-order valence-corrected chi connectivity index (χ4v) is 4.76. The molecule has 3 aromatic rings. The summed E-state index contributed by atoms with van der Waals surface area (Å²) in [5, 5.41) is 13.0. The van der Waals surface area contributed by atoms with Gasteiger partial charge in [0.1, 0.15) is 11.4 Å². The zero-order valence-electron chi connectivity index (χ0n) is 18.1. The van der Waals surface area contributed by atoms with Crippen LogP contribution in [0.15, 0.2) is 29.3 Å². The van der Waals surface area contributed by atoms with E-state index in [-0.39, 0.29) is 62.7 Å². The minimum atomic E-state index is -1.32. The first-order valence-corrected chi connectivity index (χ1v) is 10.4. The molecule has 0 saturated heterocycles. The maximum atomic E-state index is 15.5. The number of pyridine rings is 1. The molecule has 2 atom stereocenters. The number of hydrogen-bond acceptors (Lipinski definition) is 4. The zero-order valence-corrected chi connectivity index (χ0v) is 19.1. The lowest BCUT2D eigenvalue weighted by Crippen LogP contribution is -2.38. The van der Waals surface area contributed by atoms with Gasteiger partial charge in [0, 0.05) is 48.3 Å². The van der Waals surface area contributed by atoms with E-state index in [0.717, 1.165) is 31.1 Å². The molecule has 2 N–H and O–H groups in total. The van der Waals surface area contributed by atoms with Gasteiger partial charge in [0.15, 0.2) is 5.75 Å². The summed E-state index contributed by atoms with van der Waals surface area (Å²) in [6.07, 6.45) is 5.03. The Labute approximate surface area is 206 Å². The molecule has 0 radical (unpaired) electrons. The third-order valence-corrected chi connectivity index (χ3v) is 6.26. The number of halogens is 1. The van der Waals surface area contributed by atoms with Crippen molar-refractivity contribution in [3.8, 4) is 16.9 Å². The number of fused-ring (bicyclic) bond motifs is 2. The first-order valence-electron chi connectivity index (χ1n) is 10.4. The van der Waals surface area contributed by atoms with E-state index >= 15 is 4.39 Å². The normalized spacial score (nSPS) is 18.8. The maximum Gasteiger partial charge on any atom is 0.341 e. The first-order chi connectivity index (χ1) is 14.8. The summed E-state index contributed by atoms with van der Waals surface area (Å²) in [7, 11) is 1.45. The molecule has 2 aromatic heterocycles. The molecule has 0 amide bonds. The number of benzene rings is 1. The first kappa shape index (κ1) is 27.5. The summed E-state index contributed by atoms with van der Waals surface area (Å²) < 4.78 is 25.0. The molecule has 5 rings (SSSR count). The molecule has 2 aliphatic rings. The van der Waals surface area contributed by atoms with Crippen LogP contribution in [0, 0.1) is 5.82 Å². The van der Waals surface area contributed by atoms with E-state index in [1.165, 1.54) is 13.3 Å². The molecule has 1 aromatic carbocycles. The van der Waals surface area contributed by atoms with Crippen LogP contribution in [0.2, 0.25) is 0 Å². The molecule has 0 bridgehead atoms. The zero-order chi connectivity index (χ0) is 22.0. The molecular weight excluding hydrogens is 457 g/mol. The van der Waals surface area contributed by atoms with Gasteiger partial charge in [0.2, 0.25) is 5.43 Å². The van der Waals surface area contributed by atoms with E-state index in [9.17, 15) is 14.7 Å². The van der Waals surface area contributed by atoms with Crippen molar-refractivity contribution in [3.63, 3.8) is 0 Å². The molecule has 34 heavy (non-hydrogen) atoms. The van der Waals surface area contributed by atoms with Crippen LogP contribution in [0.25, 0.3) is 22.0 Å². The highest BCUT2D eigenvalue weighted by atomic mass is 32.1. The van der Waals surface area contributed by atoms with E-state index in [0.29, 0.717) is 17.1 Å². The molecule has 1 fully saturated rings. The summed E-state index contributed by atoms with van der Waals surface area (Å²) in [6.45, 7) is 4.94. The Balaban J connectivity index is 0.00000136. The van der Waals surface area contributed by atoms with Crippen LogP contribution in [0.4, 0.5) is 4.39 Å². The highest BCUT2D eigenvalue weighted by Crippen LogP contribution is 2.44. The molecule has 7 nitrogen and oxygen atoms in total. The number of methoxy groups -OCH3 is 1. The summed E-state index contributed by atoms with van der Waals surface area (Å²) in [4.78, 5) is 24.5. The molecular formula is C25H34FN3O4S. The fraction of sp³-hybridized carbons (Fsp3) is 0.440. The largest absolute Gasteiger partial charge is 0.494 e. The van der Waals surface area contributed by atoms with Crippen molar-refractivity contribution in [1.29, 1.82) is 0 Å². The Morgan fingerprint density at radius 1 is 1.21 bits per heavy atom. The second-order valence-electron chi connectivity index (χ2n) is 8.57. The number of nitrogens with zero attached hydrogens (tertiary/aromatic N) is 2. The summed E-state index contributed by atoms with van der Waals surface area (Å²) in [5.41, 5.74) is 1.39. The Kier molecular flexibility index (Phi) is 7.94. The van der Waals surface area contributed by atoms with E-state index in [1.807, 2.05) is 12.3 Å². The van der Waals surface area contributed by atoms with Crippen molar-refractivity contribution in [2.45, 2.75) is 66.2 Å². The van der Waals surface area contributed by atoms with E-state index in [1.54, 1.807) is 4.57 Å². The maximum absolute atomic E-state index is 15.5. The lowest BCUT2D eigenvalue weighted by atomic mass is 10.0. The van der Waals surface area contributed by atoms with Gasteiger partial charge in [-0.15, -0.1) is 0 Å². The standard InChI is InChI=1S/C23H24FN3O4.2CH4.H2S/c1-11-8-26-9-13(6-18(26)12(2)25-11)19-17(24)7-15-20(22(19)31-3)27(14-4-5-14)10-16(21(15)28)23(29)30;;;/h6-7,9-12,14,25H,4-5,8H2,1-3H3,(H,29,30);2*1H4;1H2/t11-,12+;;;/m0.../s1. The third-order valence-electron chi connectivity index (χ3n) is 6.26. The van der Waals surface area contributed by atoms with Gasteiger partial charge in [-0.3, -0.25) is 4.79 Å². The number of carboxylic acids is 1. The van der Waals surface area contributed by atoms with Gasteiger partial charge >= 0.3 is 5.97 Å². The van der Waals surface area contributed by atoms with E-state index in [4.69, 9.17) is 4.74 Å². The number of nitrogens with one attached hydrogen (secondary N) is 1. The molecule has 1 saturated carbocycles. The predicted molar refractivity (Wildman–Crippen MR) is 138 cm³/mol. The molecule has 186 valence electrons. The van der Waals surface area contributed by atoms with Crippen LogP contribution in [0.1, 0.15) is 69.7 Å². The van der Waals surface area contributed by atoms with Gasteiger partial charge < -0.3 is 24.3 Å². The summed E-state index contributed by atoms with van der Waals surface area (Å²) >= 11 is 0. The van der Waals surface area contributed by atoms with Crippen molar-refractivity contribution < 1.29 is 19.0 Å². The van der Waals surface area contributed by atoms with Crippen molar-refractivity contribution in [3.05, 3.63) is 51.8 Å². The average molecular weight is 492 g/mol. The topological polar surface area (TPSA) is 85.5 Å². The van der Waals surface area contributed by atoms with Crippen molar-refractivity contribution in [2.24, 2.45) is 0 Å². The van der Waals surface area contributed by atoms with Crippen molar-refractivity contribution in [1.82, 2.24) is 14.5 Å². The van der Waals surface area contributed by atoms with Gasteiger partial charge in [-0.2, -0.15) is 13.5 Å².